The molecule has 0 aliphatic carbocycles. The van der Waals surface area contributed by atoms with Crippen LogP contribution in [0, 0.1) is 0 Å². The highest BCUT2D eigenvalue weighted by Crippen LogP contribution is 2.26. The van der Waals surface area contributed by atoms with Crippen LogP contribution in [-0.4, -0.2) is 25.4 Å². The monoisotopic (exact) mass is 255 g/mol. The van der Waals surface area contributed by atoms with Gasteiger partial charge in [0, 0.05) is 6.42 Å². The van der Waals surface area contributed by atoms with Crippen molar-refractivity contribution in [1.29, 1.82) is 0 Å². The van der Waals surface area contributed by atoms with Gasteiger partial charge in [-0.15, -0.1) is 0 Å². The van der Waals surface area contributed by atoms with Gasteiger partial charge in [0.05, 0.1) is 5.56 Å². The Bertz CT molecular complexity index is 605. The fourth-order valence-corrected chi connectivity index (χ4v) is 3.17. The summed E-state index contributed by atoms with van der Waals surface area (Å²) in [6, 6.07) is 4.45. The SMILES string of the molecule is O=C(O)CCc1cccc2c1S(=O)(=O)NC2=O. The molecular formula is C10H9NO5S. The van der Waals surface area contributed by atoms with Crippen molar-refractivity contribution >= 4 is 21.9 Å². The number of aliphatic carboxylic acids is 1. The summed E-state index contributed by atoms with van der Waals surface area (Å²) in [5.41, 5.74) is 0.427. The molecule has 2 rings (SSSR count). The second-order valence-electron chi connectivity index (χ2n) is 3.62. The van der Waals surface area contributed by atoms with Crippen molar-refractivity contribution in [1.82, 2.24) is 4.72 Å². The van der Waals surface area contributed by atoms with Gasteiger partial charge in [0.25, 0.3) is 15.9 Å². The number of carboxylic acid groups (broad SMARTS) is 1. The van der Waals surface area contributed by atoms with Crippen molar-refractivity contribution in [3.63, 3.8) is 0 Å². The van der Waals surface area contributed by atoms with Crippen LogP contribution in [0.1, 0.15) is 22.3 Å². The molecule has 0 saturated heterocycles. The maximum Gasteiger partial charge on any atom is 0.303 e. The van der Waals surface area contributed by atoms with Crippen LogP contribution in [0.25, 0.3) is 0 Å². The quantitative estimate of drug-likeness (QED) is 0.799. The van der Waals surface area contributed by atoms with Crippen LogP contribution in [0.3, 0.4) is 0 Å². The van der Waals surface area contributed by atoms with E-state index in [1.54, 1.807) is 0 Å². The van der Waals surface area contributed by atoms with Gasteiger partial charge in [0.1, 0.15) is 4.90 Å². The highest BCUT2D eigenvalue weighted by Gasteiger charge is 2.34. The molecule has 7 heteroatoms. The maximum absolute atomic E-state index is 11.6. The topological polar surface area (TPSA) is 101 Å². The number of carboxylic acids is 1. The van der Waals surface area contributed by atoms with Gasteiger partial charge in [-0.25, -0.2) is 13.1 Å². The lowest BCUT2D eigenvalue weighted by Gasteiger charge is -2.04. The Kier molecular flexibility index (Phi) is 2.62. The number of hydrogen-bond donors (Lipinski definition) is 2. The Morgan fingerprint density at radius 1 is 1.35 bits per heavy atom. The predicted molar refractivity (Wildman–Crippen MR) is 57.1 cm³/mol. The Balaban J connectivity index is 2.50. The van der Waals surface area contributed by atoms with Crippen LogP contribution in [0.2, 0.25) is 0 Å². The molecular weight excluding hydrogens is 246 g/mol. The Morgan fingerprint density at radius 3 is 2.71 bits per heavy atom. The number of amides is 1. The number of nitrogens with one attached hydrogen (secondary N) is 1. The molecule has 90 valence electrons. The van der Waals surface area contributed by atoms with Crippen LogP contribution in [-0.2, 0) is 21.2 Å². The lowest BCUT2D eigenvalue weighted by atomic mass is 10.1. The lowest BCUT2D eigenvalue weighted by Crippen LogP contribution is -2.21. The molecule has 0 unspecified atom stereocenters. The van der Waals surface area contributed by atoms with Crippen LogP contribution < -0.4 is 4.72 Å². The molecule has 1 aromatic rings. The number of aryl methyl sites for hydroxylation is 1. The summed E-state index contributed by atoms with van der Waals surface area (Å²) < 4.78 is 25.2. The summed E-state index contributed by atoms with van der Waals surface area (Å²) in [6.45, 7) is 0. The number of carbonyl (C=O) groups is 2. The smallest absolute Gasteiger partial charge is 0.303 e. The van der Waals surface area contributed by atoms with E-state index in [1.807, 2.05) is 4.72 Å². The van der Waals surface area contributed by atoms with Gasteiger partial charge in [0.15, 0.2) is 0 Å². The molecule has 0 aromatic heterocycles. The van der Waals surface area contributed by atoms with Gasteiger partial charge in [-0.3, -0.25) is 9.59 Å². The minimum atomic E-state index is -3.83. The zero-order chi connectivity index (χ0) is 12.6. The first-order chi connectivity index (χ1) is 7.92. The predicted octanol–water partition coefficient (Wildman–Crippen LogP) is 0.136. The molecule has 1 aliphatic rings. The van der Waals surface area contributed by atoms with Crippen molar-refractivity contribution in [3.8, 4) is 0 Å². The number of fused-ring (bicyclic) bond motifs is 1. The number of rotatable bonds is 3. The van der Waals surface area contributed by atoms with Gasteiger partial charge in [0.2, 0.25) is 0 Å². The number of benzene rings is 1. The first kappa shape index (κ1) is 11.6. The number of carbonyl (C=O) groups excluding carboxylic acids is 1. The van der Waals surface area contributed by atoms with E-state index in [9.17, 15) is 18.0 Å². The van der Waals surface area contributed by atoms with Crippen LogP contribution in [0.4, 0.5) is 0 Å². The second kappa shape index (κ2) is 3.85. The molecule has 1 aromatic carbocycles. The van der Waals surface area contributed by atoms with E-state index in [2.05, 4.69) is 0 Å². The lowest BCUT2D eigenvalue weighted by molar-refractivity contribution is -0.136. The second-order valence-corrected chi connectivity index (χ2v) is 5.24. The molecule has 0 atom stereocenters. The van der Waals surface area contributed by atoms with E-state index in [1.165, 1.54) is 18.2 Å². The minimum Gasteiger partial charge on any atom is -0.481 e. The number of sulfonamides is 1. The normalized spacial score (nSPS) is 16.4. The van der Waals surface area contributed by atoms with Gasteiger partial charge in [-0.1, -0.05) is 12.1 Å². The third-order valence-corrected chi connectivity index (χ3v) is 3.92. The molecule has 0 saturated carbocycles. The average Bonchev–Trinajstić information content (AvgIpc) is 2.47. The minimum absolute atomic E-state index is 0.0761. The van der Waals surface area contributed by atoms with E-state index < -0.39 is 21.9 Å². The Morgan fingerprint density at radius 2 is 2.06 bits per heavy atom. The average molecular weight is 255 g/mol. The third-order valence-electron chi connectivity index (χ3n) is 2.45. The van der Waals surface area contributed by atoms with E-state index in [0.29, 0.717) is 5.56 Å². The molecule has 0 bridgehead atoms. The van der Waals surface area contributed by atoms with E-state index in [4.69, 9.17) is 5.11 Å². The summed E-state index contributed by atoms with van der Waals surface area (Å²) >= 11 is 0. The van der Waals surface area contributed by atoms with E-state index in [-0.39, 0.29) is 23.3 Å². The Hall–Kier alpha value is -1.89. The zero-order valence-corrected chi connectivity index (χ0v) is 9.45. The molecule has 0 radical (unpaired) electrons. The first-order valence-corrected chi connectivity index (χ1v) is 6.31. The van der Waals surface area contributed by atoms with E-state index >= 15 is 0 Å². The van der Waals surface area contributed by atoms with E-state index in [0.717, 1.165) is 0 Å². The maximum atomic E-state index is 11.6. The summed E-state index contributed by atoms with van der Waals surface area (Å²) in [5.74, 6) is -1.69. The molecule has 2 N–H and O–H groups in total. The number of hydrogen-bond acceptors (Lipinski definition) is 4. The van der Waals surface area contributed by atoms with Gasteiger partial charge in [-0.05, 0) is 18.1 Å². The Labute approximate surface area is 97.3 Å². The van der Waals surface area contributed by atoms with Gasteiger partial charge >= 0.3 is 5.97 Å². The molecule has 1 aliphatic heterocycles. The van der Waals surface area contributed by atoms with Crippen molar-refractivity contribution < 1.29 is 23.1 Å². The summed E-state index contributed by atoms with van der Waals surface area (Å²) in [5, 5.41) is 8.57. The standard InChI is InChI=1S/C10H9NO5S/c12-8(13)5-4-6-2-1-3-7-9(6)17(15,16)11-10(7)14/h1-3H,4-5H2,(H,11,14)(H,12,13). The van der Waals surface area contributed by atoms with Crippen molar-refractivity contribution in [3.05, 3.63) is 29.3 Å². The van der Waals surface area contributed by atoms with Crippen LogP contribution in [0.15, 0.2) is 23.1 Å². The summed E-state index contributed by atoms with van der Waals surface area (Å²) in [4.78, 5) is 21.7. The van der Waals surface area contributed by atoms with Gasteiger partial charge < -0.3 is 5.11 Å². The molecule has 6 nitrogen and oxygen atoms in total. The van der Waals surface area contributed by atoms with Crippen molar-refractivity contribution in [2.45, 2.75) is 17.7 Å². The molecule has 1 heterocycles. The zero-order valence-electron chi connectivity index (χ0n) is 8.63. The molecule has 1 amide bonds. The highest BCUT2D eigenvalue weighted by molar-refractivity contribution is 7.90. The first-order valence-electron chi connectivity index (χ1n) is 4.82. The molecule has 0 fully saturated rings. The highest BCUT2D eigenvalue weighted by atomic mass is 32.2. The van der Waals surface area contributed by atoms with Gasteiger partial charge in [-0.2, -0.15) is 0 Å². The third kappa shape index (κ3) is 2.01. The molecule has 0 spiro atoms. The largest absolute Gasteiger partial charge is 0.481 e. The fraction of sp³-hybridized carbons (Fsp3) is 0.200. The summed E-state index contributed by atoms with van der Waals surface area (Å²) in [7, 11) is -3.83. The summed E-state index contributed by atoms with van der Waals surface area (Å²) in [6.07, 6.45) is -0.104. The van der Waals surface area contributed by atoms with Crippen molar-refractivity contribution in [2.75, 3.05) is 0 Å². The van der Waals surface area contributed by atoms with Crippen molar-refractivity contribution in [2.24, 2.45) is 0 Å². The fourth-order valence-electron chi connectivity index (χ4n) is 1.75. The molecule has 17 heavy (non-hydrogen) atoms. The van der Waals surface area contributed by atoms with Crippen LogP contribution in [0.5, 0.6) is 0 Å². The van der Waals surface area contributed by atoms with Crippen LogP contribution >= 0.6 is 0 Å².